The van der Waals surface area contributed by atoms with Crippen molar-refractivity contribution in [1.82, 2.24) is 9.55 Å². The van der Waals surface area contributed by atoms with Crippen molar-refractivity contribution in [1.29, 1.82) is 0 Å². The lowest BCUT2D eigenvalue weighted by Crippen LogP contribution is -2.01. The zero-order valence-electron chi connectivity index (χ0n) is 10.8. The maximum absolute atomic E-state index is 6.03. The van der Waals surface area contributed by atoms with Crippen molar-refractivity contribution in [3.05, 3.63) is 53.3 Å². The van der Waals surface area contributed by atoms with Gasteiger partial charge in [0.2, 0.25) is 0 Å². The highest BCUT2D eigenvalue weighted by Crippen LogP contribution is 2.30. The third kappa shape index (κ3) is 2.13. The van der Waals surface area contributed by atoms with Crippen LogP contribution in [-0.2, 0) is 5.88 Å². The second kappa shape index (κ2) is 5.35. The van der Waals surface area contributed by atoms with Crippen LogP contribution in [0.1, 0.15) is 5.82 Å². The molecular formula is C15H12Cl2N2O. The third-order valence-electron chi connectivity index (χ3n) is 3.13. The van der Waals surface area contributed by atoms with Crippen LogP contribution >= 0.6 is 23.2 Å². The van der Waals surface area contributed by atoms with Gasteiger partial charge in [0.1, 0.15) is 11.6 Å². The molecule has 3 nitrogen and oxygen atoms in total. The standard InChI is InChI=1S/C15H12Cl2N2O/c1-20-14-5-3-2-4-13(14)19-12-7-6-10(17)8-11(12)18-15(19)9-16/h2-8H,9H2,1H3. The van der Waals surface area contributed by atoms with E-state index in [2.05, 4.69) is 4.98 Å². The van der Waals surface area contributed by atoms with E-state index in [0.717, 1.165) is 28.3 Å². The average Bonchev–Trinajstić information content (AvgIpc) is 2.84. The lowest BCUT2D eigenvalue weighted by atomic mass is 10.2. The van der Waals surface area contributed by atoms with Gasteiger partial charge in [0.05, 0.1) is 29.7 Å². The van der Waals surface area contributed by atoms with E-state index < -0.39 is 0 Å². The van der Waals surface area contributed by atoms with Crippen molar-refractivity contribution in [2.45, 2.75) is 5.88 Å². The number of rotatable bonds is 3. The van der Waals surface area contributed by atoms with Crippen molar-refractivity contribution in [2.24, 2.45) is 0 Å². The molecule has 0 unspecified atom stereocenters. The fraction of sp³-hybridized carbons (Fsp3) is 0.133. The Hall–Kier alpha value is -1.71. The zero-order valence-corrected chi connectivity index (χ0v) is 12.3. The molecule has 0 N–H and O–H groups in total. The maximum Gasteiger partial charge on any atom is 0.142 e. The largest absolute Gasteiger partial charge is 0.495 e. The SMILES string of the molecule is COc1ccccc1-n1c(CCl)nc2cc(Cl)ccc21. The summed E-state index contributed by atoms with van der Waals surface area (Å²) in [5.74, 6) is 1.84. The predicted molar refractivity (Wildman–Crippen MR) is 82.2 cm³/mol. The Bertz CT molecular complexity index is 768. The van der Waals surface area contributed by atoms with Crippen molar-refractivity contribution >= 4 is 34.2 Å². The average molecular weight is 307 g/mol. The van der Waals surface area contributed by atoms with Crippen LogP contribution in [-0.4, -0.2) is 16.7 Å². The van der Waals surface area contributed by atoms with E-state index in [1.807, 2.05) is 47.0 Å². The van der Waals surface area contributed by atoms with Crippen LogP contribution in [0.25, 0.3) is 16.7 Å². The van der Waals surface area contributed by atoms with E-state index in [1.54, 1.807) is 7.11 Å². The Morgan fingerprint density at radius 2 is 2.00 bits per heavy atom. The number of hydrogen-bond acceptors (Lipinski definition) is 2. The Kier molecular flexibility index (Phi) is 3.55. The summed E-state index contributed by atoms with van der Waals surface area (Å²) in [5, 5.41) is 0.656. The topological polar surface area (TPSA) is 27.1 Å². The first-order chi connectivity index (χ1) is 9.74. The maximum atomic E-state index is 6.03. The molecule has 0 bridgehead atoms. The summed E-state index contributed by atoms with van der Waals surface area (Å²) in [6.07, 6.45) is 0. The molecule has 0 amide bonds. The minimum Gasteiger partial charge on any atom is -0.495 e. The van der Waals surface area contributed by atoms with Gasteiger partial charge < -0.3 is 4.74 Å². The smallest absolute Gasteiger partial charge is 0.142 e. The summed E-state index contributed by atoms with van der Waals surface area (Å²) in [7, 11) is 1.65. The molecule has 0 aliphatic rings. The van der Waals surface area contributed by atoms with E-state index in [-0.39, 0.29) is 0 Å². The number of halogens is 2. The normalized spacial score (nSPS) is 10.9. The Morgan fingerprint density at radius 1 is 1.20 bits per heavy atom. The number of imidazole rings is 1. The molecule has 102 valence electrons. The molecule has 1 heterocycles. The molecule has 0 spiro atoms. The van der Waals surface area contributed by atoms with Crippen LogP contribution in [0.15, 0.2) is 42.5 Å². The summed E-state index contributed by atoms with van der Waals surface area (Å²) >= 11 is 12.1. The summed E-state index contributed by atoms with van der Waals surface area (Å²) in [4.78, 5) is 4.53. The number of methoxy groups -OCH3 is 1. The Balaban J connectivity index is 2.34. The van der Waals surface area contributed by atoms with Crippen molar-refractivity contribution < 1.29 is 4.74 Å². The number of hydrogen-bond donors (Lipinski definition) is 0. The van der Waals surface area contributed by atoms with Gasteiger partial charge in [-0.1, -0.05) is 23.7 Å². The molecule has 0 atom stereocenters. The molecule has 3 aromatic rings. The van der Waals surface area contributed by atoms with Crippen molar-refractivity contribution in [2.75, 3.05) is 7.11 Å². The van der Waals surface area contributed by atoms with Crippen LogP contribution in [0.4, 0.5) is 0 Å². The summed E-state index contributed by atoms with van der Waals surface area (Å²) in [6, 6.07) is 13.4. The van der Waals surface area contributed by atoms with Gasteiger partial charge in [-0.3, -0.25) is 4.57 Å². The molecule has 0 aliphatic heterocycles. The van der Waals surface area contributed by atoms with Gasteiger partial charge in [-0.15, -0.1) is 11.6 Å². The third-order valence-corrected chi connectivity index (χ3v) is 3.61. The number of alkyl halides is 1. The van der Waals surface area contributed by atoms with Gasteiger partial charge >= 0.3 is 0 Å². The fourth-order valence-electron chi connectivity index (χ4n) is 2.28. The Labute approximate surface area is 126 Å². The van der Waals surface area contributed by atoms with E-state index >= 15 is 0 Å². The van der Waals surface area contributed by atoms with Crippen LogP contribution in [0.2, 0.25) is 5.02 Å². The molecule has 20 heavy (non-hydrogen) atoms. The van der Waals surface area contributed by atoms with E-state index in [1.165, 1.54) is 0 Å². The summed E-state index contributed by atoms with van der Waals surface area (Å²) in [6.45, 7) is 0. The highest BCUT2D eigenvalue weighted by Gasteiger charge is 2.14. The van der Waals surface area contributed by atoms with Gasteiger partial charge in [0.25, 0.3) is 0 Å². The van der Waals surface area contributed by atoms with Gasteiger partial charge in [-0.05, 0) is 30.3 Å². The second-order valence-electron chi connectivity index (χ2n) is 4.30. The minimum atomic E-state index is 0.310. The first kappa shape index (κ1) is 13.3. The molecule has 1 aromatic heterocycles. The van der Waals surface area contributed by atoms with Gasteiger partial charge in [0.15, 0.2) is 0 Å². The fourth-order valence-corrected chi connectivity index (χ4v) is 2.62. The molecule has 3 rings (SSSR count). The van der Waals surface area contributed by atoms with Crippen molar-refractivity contribution in [3.8, 4) is 11.4 Å². The van der Waals surface area contributed by atoms with Crippen molar-refractivity contribution in [3.63, 3.8) is 0 Å². The van der Waals surface area contributed by atoms with Crippen LogP contribution in [0.3, 0.4) is 0 Å². The van der Waals surface area contributed by atoms with E-state index in [0.29, 0.717) is 10.9 Å². The molecule has 0 aliphatic carbocycles. The number of ether oxygens (including phenoxy) is 1. The monoisotopic (exact) mass is 306 g/mol. The van der Waals surface area contributed by atoms with Crippen LogP contribution in [0.5, 0.6) is 5.75 Å². The van der Waals surface area contributed by atoms with Gasteiger partial charge in [-0.2, -0.15) is 0 Å². The molecule has 5 heteroatoms. The predicted octanol–water partition coefficient (Wildman–Crippen LogP) is 4.43. The van der Waals surface area contributed by atoms with Crippen LogP contribution in [0, 0.1) is 0 Å². The molecular weight excluding hydrogens is 295 g/mol. The quantitative estimate of drug-likeness (QED) is 0.669. The molecule has 0 fully saturated rings. The Morgan fingerprint density at radius 3 is 2.75 bits per heavy atom. The minimum absolute atomic E-state index is 0.310. The number of aromatic nitrogens is 2. The molecule has 0 radical (unpaired) electrons. The lowest BCUT2D eigenvalue weighted by molar-refractivity contribution is 0.413. The highest BCUT2D eigenvalue weighted by atomic mass is 35.5. The van der Waals surface area contributed by atoms with E-state index in [9.17, 15) is 0 Å². The summed E-state index contributed by atoms with van der Waals surface area (Å²) < 4.78 is 7.42. The number of nitrogens with zero attached hydrogens (tertiary/aromatic N) is 2. The molecule has 0 saturated carbocycles. The lowest BCUT2D eigenvalue weighted by Gasteiger charge is -2.12. The highest BCUT2D eigenvalue weighted by molar-refractivity contribution is 6.31. The second-order valence-corrected chi connectivity index (χ2v) is 5.01. The number of benzene rings is 2. The van der Waals surface area contributed by atoms with Crippen LogP contribution < -0.4 is 4.74 Å². The number of fused-ring (bicyclic) bond motifs is 1. The zero-order chi connectivity index (χ0) is 14.1. The van der Waals surface area contributed by atoms with E-state index in [4.69, 9.17) is 27.9 Å². The van der Waals surface area contributed by atoms with Gasteiger partial charge in [0, 0.05) is 5.02 Å². The summed E-state index contributed by atoms with van der Waals surface area (Å²) in [5.41, 5.74) is 2.68. The molecule has 2 aromatic carbocycles. The number of para-hydroxylation sites is 2. The first-order valence-corrected chi connectivity index (χ1v) is 7.02. The van der Waals surface area contributed by atoms with Gasteiger partial charge in [-0.25, -0.2) is 4.98 Å². The molecule has 0 saturated heterocycles. The first-order valence-electron chi connectivity index (χ1n) is 6.11.